The highest BCUT2D eigenvalue weighted by molar-refractivity contribution is 7.84. The van der Waals surface area contributed by atoms with Crippen LogP contribution < -0.4 is 15.1 Å². The van der Waals surface area contributed by atoms with E-state index in [4.69, 9.17) is 8.61 Å². The van der Waals surface area contributed by atoms with Gasteiger partial charge in [0.15, 0.2) is 0 Å². The Morgan fingerprint density at radius 3 is 2.03 bits per heavy atom. The highest BCUT2D eigenvalue weighted by Gasteiger charge is 2.52. The molecule has 0 unspecified atom stereocenters. The second-order valence-electron chi connectivity index (χ2n) is 8.73. The second kappa shape index (κ2) is 7.94. The smallest absolute Gasteiger partial charge is 0.336 e. The highest BCUT2D eigenvalue weighted by Crippen LogP contribution is 2.37. The molecule has 158 valence electrons. The molecule has 1 saturated heterocycles. The lowest BCUT2D eigenvalue weighted by molar-refractivity contribution is -0.00267. The van der Waals surface area contributed by atoms with Gasteiger partial charge in [-0.2, -0.15) is 13.1 Å². The molecule has 1 aliphatic heterocycles. The van der Waals surface area contributed by atoms with Crippen molar-refractivity contribution in [2.24, 2.45) is 0 Å². The molecule has 8 heteroatoms. The van der Waals surface area contributed by atoms with Gasteiger partial charge in [-0.15, -0.1) is 0 Å². The lowest BCUT2D eigenvalue weighted by atomic mass is 9.98. The van der Waals surface area contributed by atoms with Crippen molar-refractivity contribution < 1.29 is 22.1 Å². The quantitative estimate of drug-likeness (QED) is 0.696. The van der Waals surface area contributed by atoms with Crippen LogP contribution in [0.3, 0.4) is 0 Å². The van der Waals surface area contributed by atoms with E-state index in [-0.39, 0.29) is 18.3 Å². The molecule has 0 spiro atoms. The molecular weight excluding hydrogens is 406 g/mol. The minimum Gasteiger partial charge on any atom is -0.405 e. The minimum absolute atomic E-state index is 0.0179. The van der Waals surface area contributed by atoms with E-state index < -0.39 is 30.3 Å². The van der Waals surface area contributed by atoms with Gasteiger partial charge in [-0.1, -0.05) is 81.4 Å². The molecule has 1 aliphatic rings. The molecule has 0 aliphatic carbocycles. The van der Waals surface area contributed by atoms with Gasteiger partial charge in [-0.3, -0.25) is 4.18 Å². The van der Waals surface area contributed by atoms with Crippen molar-refractivity contribution in [3.63, 3.8) is 0 Å². The van der Waals surface area contributed by atoms with Crippen LogP contribution in [-0.2, 0) is 18.9 Å². The van der Waals surface area contributed by atoms with Gasteiger partial charge in [0.25, 0.3) is 8.32 Å². The van der Waals surface area contributed by atoms with Crippen molar-refractivity contribution in [2.45, 2.75) is 44.4 Å². The van der Waals surface area contributed by atoms with E-state index in [9.17, 15) is 13.5 Å². The molecule has 0 amide bonds. The number of aliphatic hydroxyl groups excluding tert-OH is 1. The summed E-state index contributed by atoms with van der Waals surface area (Å²) in [5.41, 5.74) is -1.19. The summed E-state index contributed by atoms with van der Waals surface area (Å²) < 4.78 is 37.9. The van der Waals surface area contributed by atoms with Gasteiger partial charge >= 0.3 is 10.3 Å². The maximum atomic E-state index is 12.0. The largest absolute Gasteiger partial charge is 0.405 e. The van der Waals surface area contributed by atoms with Gasteiger partial charge in [0, 0.05) is 0 Å². The predicted octanol–water partition coefficient (Wildman–Crippen LogP) is 1.55. The number of nitrogens with one attached hydrogen (secondary N) is 1. The van der Waals surface area contributed by atoms with Crippen molar-refractivity contribution in [1.82, 2.24) is 4.72 Å². The van der Waals surface area contributed by atoms with Crippen LogP contribution in [0, 0.1) is 0 Å². The summed E-state index contributed by atoms with van der Waals surface area (Å²) in [6, 6.07) is 20.2. The van der Waals surface area contributed by atoms with E-state index >= 15 is 0 Å². The summed E-state index contributed by atoms with van der Waals surface area (Å²) in [5, 5.41) is 12.4. The molecule has 0 aromatic heterocycles. The minimum atomic E-state index is -3.93. The molecule has 1 fully saturated rings. The average Bonchev–Trinajstić information content (AvgIpc) is 2.66. The zero-order valence-corrected chi connectivity index (χ0v) is 19.1. The van der Waals surface area contributed by atoms with Crippen LogP contribution >= 0.6 is 0 Å². The maximum absolute atomic E-state index is 12.0. The first-order valence-corrected chi connectivity index (χ1v) is 12.9. The Hall–Kier alpha value is -1.55. The number of rotatable bonds is 5. The average molecular weight is 436 g/mol. The zero-order valence-electron chi connectivity index (χ0n) is 17.3. The van der Waals surface area contributed by atoms with Gasteiger partial charge in [0.05, 0.1) is 24.9 Å². The molecule has 2 aromatic rings. The number of aliphatic hydroxyl groups is 1. The Bertz CT molecular complexity index is 891. The molecule has 6 nitrogen and oxygen atoms in total. The third kappa shape index (κ3) is 4.33. The Labute approximate surface area is 174 Å². The maximum Gasteiger partial charge on any atom is 0.336 e. The van der Waals surface area contributed by atoms with E-state index in [0.29, 0.717) is 0 Å². The van der Waals surface area contributed by atoms with E-state index in [0.717, 1.165) is 10.4 Å². The summed E-state index contributed by atoms with van der Waals surface area (Å²) in [4.78, 5) is 0. The summed E-state index contributed by atoms with van der Waals surface area (Å²) in [7, 11) is -6.77. The first kappa shape index (κ1) is 22.1. The standard InChI is InChI=1S/C21H29NO5SSi/c1-20(2,3)29(17-11-7-5-8-12-17,18-13-9-6-10-14-18)27-16-21(4)19(23)15-26-28(24,25)22-21/h5-14,19,22-23H,15-16H2,1-4H3/t19-,21-/m0/s1. The third-order valence-electron chi connectivity index (χ3n) is 5.48. The molecule has 2 atom stereocenters. The van der Waals surface area contributed by atoms with Crippen LogP contribution in [0.4, 0.5) is 0 Å². The third-order valence-corrected chi connectivity index (χ3v) is 11.6. The molecular formula is C21H29NO5SSi. The molecule has 1 heterocycles. The van der Waals surface area contributed by atoms with Crippen LogP contribution in [0.15, 0.2) is 60.7 Å². The van der Waals surface area contributed by atoms with Crippen LogP contribution in [0.5, 0.6) is 0 Å². The van der Waals surface area contributed by atoms with E-state index in [1.807, 2.05) is 36.4 Å². The van der Waals surface area contributed by atoms with Crippen molar-refractivity contribution in [3.8, 4) is 0 Å². The van der Waals surface area contributed by atoms with Gasteiger partial charge in [-0.25, -0.2) is 0 Å². The SMILES string of the molecule is CC(C)(C)[Si](OC[C@]1(C)NS(=O)(=O)OC[C@@H]1O)(c1ccccc1)c1ccccc1. The molecule has 3 rings (SSSR count). The lowest BCUT2D eigenvalue weighted by Crippen LogP contribution is -2.70. The van der Waals surface area contributed by atoms with E-state index in [2.05, 4.69) is 49.8 Å². The van der Waals surface area contributed by atoms with Crippen molar-refractivity contribution in [2.75, 3.05) is 13.2 Å². The fourth-order valence-corrected chi connectivity index (χ4v) is 9.67. The topological polar surface area (TPSA) is 84.9 Å². The van der Waals surface area contributed by atoms with Gasteiger partial charge < -0.3 is 9.53 Å². The molecule has 29 heavy (non-hydrogen) atoms. The monoisotopic (exact) mass is 435 g/mol. The molecule has 2 aromatic carbocycles. The van der Waals surface area contributed by atoms with Crippen molar-refractivity contribution in [1.29, 1.82) is 0 Å². The molecule has 0 radical (unpaired) electrons. The Kier molecular flexibility index (Phi) is 6.06. The Balaban J connectivity index is 2.09. The fraction of sp³-hybridized carbons (Fsp3) is 0.429. The summed E-state index contributed by atoms with van der Waals surface area (Å²) in [5.74, 6) is 0. The molecule has 0 bridgehead atoms. The van der Waals surface area contributed by atoms with Gasteiger partial charge in [-0.05, 0) is 22.3 Å². The number of benzene rings is 2. The fourth-order valence-electron chi connectivity index (χ4n) is 3.87. The highest BCUT2D eigenvalue weighted by atomic mass is 32.2. The first-order valence-electron chi connectivity index (χ1n) is 9.62. The predicted molar refractivity (Wildman–Crippen MR) is 116 cm³/mol. The number of hydrogen-bond acceptors (Lipinski definition) is 5. The van der Waals surface area contributed by atoms with E-state index in [1.165, 1.54) is 0 Å². The van der Waals surface area contributed by atoms with Gasteiger partial charge in [0.1, 0.15) is 0 Å². The summed E-state index contributed by atoms with van der Waals surface area (Å²) in [6.07, 6.45) is -1.02. The second-order valence-corrected chi connectivity index (χ2v) is 14.4. The zero-order chi connectivity index (χ0) is 21.3. The van der Waals surface area contributed by atoms with Gasteiger partial charge in [0.2, 0.25) is 0 Å². The number of hydrogen-bond donors (Lipinski definition) is 2. The summed E-state index contributed by atoms with van der Waals surface area (Å²) in [6.45, 7) is 7.81. The summed E-state index contributed by atoms with van der Waals surface area (Å²) >= 11 is 0. The van der Waals surface area contributed by atoms with Crippen LogP contribution in [-0.4, -0.2) is 46.7 Å². The Morgan fingerprint density at radius 1 is 1.10 bits per heavy atom. The van der Waals surface area contributed by atoms with Crippen LogP contribution in [0.2, 0.25) is 5.04 Å². The first-order chi connectivity index (χ1) is 13.5. The van der Waals surface area contributed by atoms with Crippen molar-refractivity contribution >= 4 is 29.0 Å². The van der Waals surface area contributed by atoms with E-state index in [1.54, 1.807) is 6.92 Å². The van der Waals surface area contributed by atoms with Crippen LogP contribution in [0.1, 0.15) is 27.7 Å². The van der Waals surface area contributed by atoms with Crippen molar-refractivity contribution in [3.05, 3.63) is 60.7 Å². The Morgan fingerprint density at radius 2 is 1.59 bits per heavy atom. The molecule has 0 saturated carbocycles. The lowest BCUT2D eigenvalue weighted by Gasteiger charge is -2.46. The molecule has 2 N–H and O–H groups in total. The van der Waals surface area contributed by atoms with Crippen LogP contribution in [0.25, 0.3) is 0 Å². The normalized spacial score (nSPS) is 24.9.